The van der Waals surface area contributed by atoms with E-state index in [1.807, 2.05) is 6.07 Å². The number of rotatable bonds is 5. The van der Waals surface area contributed by atoms with Gasteiger partial charge >= 0.3 is 0 Å². The Morgan fingerprint density at radius 2 is 2.11 bits per heavy atom. The van der Waals surface area contributed by atoms with E-state index in [1.165, 1.54) is 24.8 Å². The summed E-state index contributed by atoms with van der Waals surface area (Å²) in [4.78, 5) is 4.68. The van der Waals surface area contributed by atoms with Gasteiger partial charge in [-0.2, -0.15) is 0 Å². The van der Waals surface area contributed by atoms with Crippen molar-refractivity contribution in [3.05, 3.63) is 30.1 Å². The SMILES string of the molecule is CCC1(CNCc2nc3ccccc3n2C)CC1. The molecular formula is C15H21N3. The van der Waals surface area contributed by atoms with Gasteiger partial charge in [0.25, 0.3) is 0 Å². The lowest BCUT2D eigenvalue weighted by Gasteiger charge is -2.13. The van der Waals surface area contributed by atoms with E-state index in [9.17, 15) is 0 Å². The molecule has 1 aromatic heterocycles. The van der Waals surface area contributed by atoms with Crippen LogP contribution in [0.5, 0.6) is 0 Å². The summed E-state index contributed by atoms with van der Waals surface area (Å²) in [5, 5.41) is 3.57. The van der Waals surface area contributed by atoms with E-state index in [0.29, 0.717) is 5.41 Å². The zero-order chi connectivity index (χ0) is 12.6. The lowest BCUT2D eigenvalue weighted by molar-refractivity contribution is 0.438. The molecule has 0 unspecified atom stereocenters. The van der Waals surface area contributed by atoms with Gasteiger partial charge in [-0.3, -0.25) is 0 Å². The van der Waals surface area contributed by atoms with Crippen molar-refractivity contribution in [3.8, 4) is 0 Å². The standard InChI is InChI=1S/C15H21N3/c1-3-15(8-9-15)11-16-10-14-17-12-6-4-5-7-13(12)18(14)2/h4-7,16H,3,8-11H2,1-2H3. The first-order valence-electron chi connectivity index (χ1n) is 6.85. The van der Waals surface area contributed by atoms with Crippen molar-refractivity contribution in [3.63, 3.8) is 0 Å². The molecule has 0 saturated heterocycles. The number of para-hydroxylation sites is 2. The van der Waals surface area contributed by atoms with Crippen LogP contribution in [0.25, 0.3) is 11.0 Å². The molecule has 1 fully saturated rings. The number of hydrogen-bond acceptors (Lipinski definition) is 2. The van der Waals surface area contributed by atoms with E-state index in [4.69, 9.17) is 0 Å². The van der Waals surface area contributed by atoms with E-state index in [2.05, 4.69) is 47.0 Å². The zero-order valence-electron chi connectivity index (χ0n) is 11.2. The second kappa shape index (κ2) is 4.39. The normalized spacial score (nSPS) is 17.2. The molecule has 1 heterocycles. The Labute approximate surface area is 108 Å². The van der Waals surface area contributed by atoms with Crippen molar-refractivity contribution < 1.29 is 0 Å². The average Bonchev–Trinajstić information content (AvgIpc) is 3.11. The molecular weight excluding hydrogens is 222 g/mol. The highest BCUT2D eigenvalue weighted by atomic mass is 15.1. The first-order chi connectivity index (χ1) is 8.74. The minimum absolute atomic E-state index is 0.602. The third-order valence-corrected chi connectivity index (χ3v) is 4.37. The Kier molecular flexibility index (Phi) is 2.86. The van der Waals surface area contributed by atoms with Crippen LogP contribution in [0.1, 0.15) is 32.0 Å². The second-order valence-corrected chi connectivity index (χ2v) is 5.53. The van der Waals surface area contributed by atoms with Gasteiger partial charge in [0.1, 0.15) is 5.82 Å². The molecule has 1 aliphatic rings. The molecule has 3 heteroatoms. The number of aromatic nitrogens is 2. The number of nitrogens with one attached hydrogen (secondary N) is 1. The van der Waals surface area contributed by atoms with Crippen LogP contribution >= 0.6 is 0 Å². The van der Waals surface area contributed by atoms with Crippen LogP contribution in [0, 0.1) is 5.41 Å². The molecule has 0 radical (unpaired) electrons. The molecule has 3 rings (SSSR count). The van der Waals surface area contributed by atoms with Gasteiger partial charge in [0.15, 0.2) is 0 Å². The maximum Gasteiger partial charge on any atom is 0.123 e. The number of benzene rings is 1. The van der Waals surface area contributed by atoms with Crippen molar-refractivity contribution >= 4 is 11.0 Å². The predicted molar refractivity (Wildman–Crippen MR) is 74.4 cm³/mol. The minimum atomic E-state index is 0.602. The Morgan fingerprint density at radius 3 is 2.78 bits per heavy atom. The zero-order valence-corrected chi connectivity index (χ0v) is 11.2. The molecule has 0 amide bonds. The van der Waals surface area contributed by atoms with Crippen LogP contribution in [0.3, 0.4) is 0 Å². The molecule has 1 aliphatic carbocycles. The van der Waals surface area contributed by atoms with Gasteiger partial charge in [0.05, 0.1) is 17.6 Å². The monoisotopic (exact) mass is 243 g/mol. The molecule has 0 aliphatic heterocycles. The summed E-state index contributed by atoms with van der Waals surface area (Å²) >= 11 is 0. The highest BCUT2D eigenvalue weighted by molar-refractivity contribution is 5.75. The third-order valence-electron chi connectivity index (χ3n) is 4.37. The van der Waals surface area contributed by atoms with Gasteiger partial charge in [-0.1, -0.05) is 19.1 Å². The smallest absolute Gasteiger partial charge is 0.123 e. The van der Waals surface area contributed by atoms with Crippen molar-refractivity contribution in [2.45, 2.75) is 32.7 Å². The van der Waals surface area contributed by atoms with Crippen LogP contribution in [-0.4, -0.2) is 16.1 Å². The van der Waals surface area contributed by atoms with E-state index < -0.39 is 0 Å². The van der Waals surface area contributed by atoms with E-state index in [-0.39, 0.29) is 0 Å². The number of aryl methyl sites for hydroxylation is 1. The number of fused-ring (bicyclic) bond motifs is 1. The summed E-state index contributed by atoms with van der Waals surface area (Å²) in [6.45, 7) is 4.30. The Balaban J connectivity index is 1.69. The fourth-order valence-electron chi connectivity index (χ4n) is 2.63. The van der Waals surface area contributed by atoms with Gasteiger partial charge in [-0.25, -0.2) is 4.98 Å². The highest BCUT2D eigenvalue weighted by Gasteiger charge is 2.39. The fourth-order valence-corrected chi connectivity index (χ4v) is 2.63. The Morgan fingerprint density at radius 1 is 1.33 bits per heavy atom. The molecule has 0 atom stereocenters. The highest BCUT2D eigenvalue weighted by Crippen LogP contribution is 2.47. The lowest BCUT2D eigenvalue weighted by Crippen LogP contribution is -2.24. The molecule has 18 heavy (non-hydrogen) atoms. The molecule has 1 N–H and O–H groups in total. The molecule has 1 aromatic carbocycles. The Bertz CT molecular complexity index is 552. The molecule has 3 nitrogen and oxygen atoms in total. The third kappa shape index (κ3) is 2.03. The van der Waals surface area contributed by atoms with Gasteiger partial charge in [-0.15, -0.1) is 0 Å². The summed E-state index contributed by atoms with van der Waals surface area (Å²) in [7, 11) is 2.10. The van der Waals surface area contributed by atoms with E-state index in [1.54, 1.807) is 0 Å². The number of imidazole rings is 1. The maximum absolute atomic E-state index is 4.68. The largest absolute Gasteiger partial charge is 0.330 e. The summed E-state index contributed by atoms with van der Waals surface area (Å²) in [5.74, 6) is 1.13. The molecule has 0 spiro atoms. The lowest BCUT2D eigenvalue weighted by atomic mass is 10.0. The van der Waals surface area contributed by atoms with Crippen molar-refractivity contribution in [1.82, 2.24) is 14.9 Å². The van der Waals surface area contributed by atoms with Gasteiger partial charge in [0, 0.05) is 13.6 Å². The van der Waals surface area contributed by atoms with Crippen LogP contribution < -0.4 is 5.32 Å². The van der Waals surface area contributed by atoms with E-state index >= 15 is 0 Å². The van der Waals surface area contributed by atoms with Gasteiger partial charge in [-0.05, 0) is 36.8 Å². The van der Waals surface area contributed by atoms with E-state index in [0.717, 1.165) is 24.4 Å². The summed E-state index contributed by atoms with van der Waals surface area (Å²) in [5.41, 5.74) is 2.91. The Hall–Kier alpha value is -1.35. The number of hydrogen-bond donors (Lipinski definition) is 1. The van der Waals surface area contributed by atoms with Crippen molar-refractivity contribution in [2.24, 2.45) is 12.5 Å². The van der Waals surface area contributed by atoms with Gasteiger partial charge in [0.2, 0.25) is 0 Å². The maximum atomic E-state index is 4.68. The fraction of sp³-hybridized carbons (Fsp3) is 0.533. The molecule has 1 saturated carbocycles. The van der Waals surface area contributed by atoms with Gasteiger partial charge < -0.3 is 9.88 Å². The van der Waals surface area contributed by atoms with Crippen LogP contribution in [0.15, 0.2) is 24.3 Å². The summed E-state index contributed by atoms with van der Waals surface area (Å²) < 4.78 is 2.19. The van der Waals surface area contributed by atoms with Crippen molar-refractivity contribution in [1.29, 1.82) is 0 Å². The minimum Gasteiger partial charge on any atom is -0.330 e. The first kappa shape index (κ1) is 11.7. The van der Waals surface area contributed by atoms with Crippen LogP contribution in [-0.2, 0) is 13.6 Å². The summed E-state index contributed by atoms with van der Waals surface area (Å²) in [6.07, 6.45) is 4.07. The second-order valence-electron chi connectivity index (χ2n) is 5.53. The topological polar surface area (TPSA) is 29.9 Å². The average molecular weight is 243 g/mol. The van der Waals surface area contributed by atoms with Crippen LogP contribution in [0.4, 0.5) is 0 Å². The molecule has 96 valence electrons. The first-order valence-corrected chi connectivity index (χ1v) is 6.85. The summed E-state index contributed by atoms with van der Waals surface area (Å²) in [6, 6.07) is 8.31. The van der Waals surface area contributed by atoms with Crippen LogP contribution in [0.2, 0.25) is 0 Å². The number of nitrogens with zero attached hydrogens (tertiary/aromatic N) is 2. The molecule has 0 bridgehead atoms. The molecule has 2 aromatic rings. The quantitative estimate of drug-likeness (QED) is 0.875. The predicted octanol–water partition coefficient (Wildman–Crippen LogP) is 2.85. The van der Waals surface area contributed by atoms with Crippen molar-refractivity contribution in [2.75, 3.05) is 6.54 Å².